The maximum Gasteiger partial charge on any atom is 0.271 e. The summed E-state index contributed by atoms with van der Waals surface area (Å²) in [5.41, 5.74) is 4.89. The van der Waals surface area contributed by atoms with Crippen LogP contribution in [0.15, 0.2) is 82.8 Å². The van der Waals surface area contributed by atoms with Gasteiger partial charge in [0.05, 0.1) is 18.2 Å². The summed E-state index contributed by atoms with van der Waals surface area (Å²) in [6, 6.07) is 19.8. The molecule has 0 unspecified atom stereocenters. The minimum atomic E-state index is -3.87. The van der Waals surface area contributed by atoms with Crippen molar-refractivity contribution in [2.75, 3.05) is 11.8 Å². The Hall–Kier alpha value is -3.65. The smallest absolute Gasteiger partial charge is 0.271 e. The fourth-order valence-corrected chi connectivity index (χ4v) is 3.76. The maximum atomic E-state index is 12.7. The van der Waals surface area contributed by atoms with Crippen molar-refractivity contribution in [3.63, 3.8) is 0 Å². The molecule has 0 saturated heterocycles. The van der Waals surface area contributed by atoms with Gasteiger partial charge in [-0.25, -0.2) is 13.8 Å². The van der Waals surface area contributed by atoms with Crippen molar-refractivity contribution in [1.29, 1.82) is 0 Å². The van der Waals surface area contributed by atoms with Gasteiger partial charge in [0.2, 0.25) is 0 Å². The number of amides is 1. The quantitative estimate of drug-likeness (QED) is 0.448. The Kier molecular flexibility index (Phi) is 6.48. The Bertz CT molecular complexity index is 1170. The van der Waals surface area contributed by atoms with Crippen LogP contribution in [0.3, 0.4) is 0 Å². The SMILES string of the molecule is COc1ccc(NS(=O)(=O)c2cccc(C(=O)N/N=C/c3cccc(C)c3)c2)cc1. The fraction of sp³-hybridized carbons (Fsp3) is 0.0909. The number of hydrogen-bond donors (Lipinski definition) is 2. The van der Waals surface area contributed by atoms with E-state index in [1.165, 1.54) is 37.6 Å². The molecule has 30 heavy (non-hydrogen) atoms. The lowest BCUT2D eigenvalue weighted by Gasteiger charge is -2.09. The molecule has 0 radical (unpaired) electrons. The van der Waals surface area contributed by atoms with Crippen molar-refractivity contribution in [3.8, 4) is 5.75 Å². The minimum absolute atomic E-state index is 0.0337. The van der Waals surface area contributed by atoms with E-state index < -0.39 is 15.9 Å². The number of benzene rings is 3. The number of nitrogens with zero attached hydrogens (tertiary/aromatic N) is 1. The summed E-state index contributed by atoms with van der Waals surface area (Å²) in [5, 5.41) is 3.93. The van der Waals surface area contributed by atoms with Gasteiger partial charge >= 0.3 is 0 Å². The van der Waals surface area contributed by atoms with Crippen LogP contribution in [0.1, 0.15) is 21.5 Å². The van der Waals surface area contributed by atoms with Crippen molar-refractivity contribution >= 4 is 27.8 Å². The van der Waals surface area contributed by atoms with Crippen molar-refractivity contribution in [2.45, 2.75) is 11.8 Å². The van der Waals surface area contributed by atoms with E-state index in [0.717, 1.165) is 11.1 Å². The molecule has 0 aromatic heterocycles. The Morgan fingerprint density at radius 2 is 1.73 bits per heavy atom. The molecular formula is C22H21N3O4S. The molecule has 0 aliphatic rings. The number of hydrazone groups is 1. The van der Waals surface area contributed by atoms with Crippen LogP contribution in [0, 0.1) is 6.92 Å². The summed E-state index contributed by atoms with van der Waals surface area (Å²) in [7, 11) is -2.34. The number of carbonyl (C=O) groups excluding carboxylic acids is 1. The molecule has 8 heteroatoms. The largest absolute Gasteiger partial charge is 0.497 e. The number of nitrogens with one attached hydrogen (secondary N) is 2. The zero-order valence-corrected chi connectivity index (χ0v) is 17.3. The molecule has 0 heterocycles. The van der Waals surface area contributed by atoms with Gasteiger partial charge in [-0.15, -0.1) is 0 Å². The highest BCUT2D eigenvalue weighted by molar-refractivity contribution is 7.92. The van der Waals surface area contributed by atoms with E-state index in [1.54, 1.807) is 24.3 Å². The zero-order valence-electron chi connectivity index (χ0n) is 16.5. The average molecular weight is 423 g/mol. The number of hydrogen-bond acceptors (Lipinski definition) is 5. The molecule has 0 spiro atoms. The first kappa shape index (κ1) is 21.1. The van der Waals surface area contributed by atoms with Crippen LogP contribution < -0.4 is 14.9 Å². The Balaban J connectivity index is 1.71. The highest BCUT2D eigenvalue weighted by Gasteiger charge is 2.16. The van der Waals surface area contributed by atoms with Gasteiger partial charge in [-0.05, 0) is 55.0 Å². The summed E-state index contributed by atoms with van der Waals surface area (Å²) < 4.78 is 32.9. The topological polar surface area (TPSA) is 96.9 Å². The molecule has 0 bridgehead atoms. The molecule has 3 aromatic rings. The lowest BCUT2D eigenvalue weighted by atomic mass is 10.2. The molecule has 7 nitrogen and oxygen atoms in total. The third-order valence-corrected chi connectivity index (χ3v) is 5.55. The Morgan fingerprint density at radius 3 is 2.43 bits per heavy atom. The van der Waals surface area contributed by atoms with Gasteiger partial charge in [-0.1, -0.05) is 35.9 Å². The van der Waals surface area contributed by atoms with Crippen molar-refractivity contribution < 1.29 is 17.9 Å². The third-order valence-electron chi connectivity index (χ3n) is 4.17. The van der Waals surface area contributed by atoms with Crippen molar-refractivity contribution in [1.82, 2.24) is 5.43 Å². The van der Waals surface area contributed by atoms with E-state index in [2.05, 4.69) is 15.2 Å². The molecule has 3 aromatic carbocycles. The van der Waals surface area contributed by atoms with Gasteiger partial charge in [0.1, 0.15) is 5.75 Å². The second kappa shape index (κ2) is 9.23. The van der Waals surface area contributed by atoms with E-state index in [9.17, 15) is 13.2 Å². The number of sulfonamides is 1. The lowest BCUT2D eigenvalue weighted by Crippen LogP contribution is -2.19. The standard InChI is InChI=1S/C22H21N3O4S/c1-16-5-3-6-17(13-16)15-23-24-22(26)18-7-4-8-21(14-18)30(27,28)25-19-9-11-20(29-2)12-10-19/h3-15,25H,1-2H3,(H,24,26)/b23-15+. The van der Waals surface area contributed by atoms with Gasteiger partial charge in [-0.2, -0.15) is 5.10 Å². The molecule has 0 atom stereocenters. The van der Waals surface area contributed by atoms with E-state index >= 15 is 0 Å². The Labute approximate surface area is 175 Å². The number of aryl methyl sites for hydroxylation is 1. The molecule has 2 N–H and O–H groups in total. The predicted molar refractivity (Wildman–Crippen MR) is 116 cm³/mol. The molecule has 0 saturated carbocycles. The van der Waals surface area contributed by atoms with Crippen LogP contribution in [0.5, 0.6) is 5.75 Å². The van der Waals surface area contributed by atoms with Gasteiger partial charge in [0.15, 0.2) is 0 Å². The van der Waals surface area contributed by atoms with Gasteiger partial charge in [0.25, 0.3) is 15.9 Å². The summed E-state index contributed by atoms with van der Waals surface area (Å²) in [6.45, 7) is 1.96. The first-order valence-electron chi connectivity index (χ1n) is 9.04. The van der Waals surface area contributed by atoms with E-state index in [1.807, 2.05) is 31.2 Å². The highest BCUT2D eigenvalue weighted by atomic mass is 32.2. The second-order valence-electron chi connectivity index (χ2n) is 6.48. The van der Waals surface area contributed by atoms with Crippen molar-refractivity contribution in [2.24, 2.45) is 5.10 Å². The number of carbonyl (C=O) groups is 1. The molecule has 3 rings (SSSR count). The van der Waals surface area contributed by atoms with Crippen LogP contribution in [0.25, 0.3) is 0 Å². The summed E-state index contributed by atoms with van der Waals surface area (Å²) in [6.07, 6.45) is 1.52. The van der Waals surface area contributed by atoms with Gasteiger partial charge in [-0.3, -0.25) is 9.52 Å². The van der Waals surface area contributed by atoms with Gasteiger partial charge in [0, 0.05) is 11.3 Å². The monoisotopic (exact) mass is 423 g/mol. The summed E-state index contributed by atoms with van der Waals surface area (Å²) in [4.78, 5) is 12.3. The van der Waals surface area contributed by atoms with Crippen LogP contribution in [-0.2, 0) is 10.0 Å². The molecule has 154 valence electrons. The summed E-state index contributed by atoms with van der Waals surface area (Å²) in [5.74, 6) is 0.100. The lowest BCUT2D eigenvalue weighted by molar-refractivity contribution is 0.0955. The van der Waals surface area contributed by atoms with E-state index in [-0.39, 0.29) is 10.5 Å². The first-order chi connectivity index (χ1) is 14.4. The number of methoxy groups -OCH3 is 1. The maximum absolute atomic E-state index is 12.7. The molecule has 0 aliphatic heterocycles. The number of anilines is 1. The van der Waals surface area contributed by atoms with Crippen molar-refractivity contribution in [3.05, 3.63) is 89.5 Å². The predicted octanol–water partition coefficient (Wildman–Crippen LogP) is 3.57. The number of ether oxygens (including phenoxy) is 1. The molecule has 0 aliphatic carbocycles. The Morgan fingerprint density at radius 1 is 1.00 bits per heavy atom. The third kappa shape index (κ3) is 5.45. The van der Waals surface area contributed by atoms with Gasteiger partial charge < -0.3 is 4.74 Å². The first-order valence-corrected chi connectivity index (χ1v) is 10.5. The molecule has 0 fully saturated rings. The zero-order chi connectivity index (χ0) is 21.6. The fourth-order valence-electron chi connectivity index (χ4n) is 2.66. The second-order valence-corrected chi connectivity index (χ2v) is 8.16. The average Bonchev–Trinajstić information content (AvgIpc) is 2.74. The van der Waals surface area contributed by atoms with E-state index in [4.69, 9.17) is 4.74 Å². The molecular weight excluding hydrogens is 402 g/mol. The van der Waals surface area contributed by atoms with Crippen LogP contribution >= 0.6 is 0 Å². The molecule has 1 amide bonds. The highest BCUT2D eigenvalue weighted by Crippen LogP contribution is 2.20. The normalized spacial score (nSPS) is 11.3. The number of rotatable bonds is 7. The minimum Gasteiger partial charge on any atom is -0.497 e. The van der Waals surface area contributed by atoms with E-state index in [0.29, 0.717) is 11.4 Å². The summed E-state index contributed by atoms with van der Waals surface area (Å²) >= 11 is 0. The van der Waals surface area contributed by atoms with Crippen LogP contribution in [0.4, 0.5) is 5.69 Å². The van der Waals surface area contributed by atoms with Crippen LogP contribution in [-0.4, -0.2) is 27.6 Å². The van der Waals surface area contributed by atoms with Crippen LogP contribution in [0.2, 0.25) is 0 Å².